The Morgan fingerprint density at radius 3 is 2.68 bits per heavy atom. The van der Waals surface area contributed by atoms with Crippen molar-refractivity contribution in [3.05, 3.63) is 22.4 Å². The second-order valence-corrected chi connectivity index (χ2v) is 6.80. The van der Waals surface area contributed by atoms with Gasteiger partial charge in [0.1, 0.15) is 0 Å². The van der Waals surface area contributed by atoms with Crippen molar-refractivity contribution in [3.8, 4) is 0 Å². The summed E-state index contributed by atoms with van der Waals surface area (Å²) < 4.78 is 0. The molecule has 1 heterocycles. The smallest absolute Gasteiger partial charge is 0.314 e. The number of carbonyl (C=O) groups excluding carboxylic acids is 2. The molecule has 1 fully saturated rings. The van der Waals surface area contributed by atoms with Crippen molar-refractivity contribution in [2.75, 3.05) is 19.6 Å². The fourth-order valence-electron chi connectivity index (χ4n) is 2.30. The van der Waals surface area contributed by atoms with Gasteiger partial charge in [-0.3, -0.25) is 4.79 Å². The Bertz CT molecular complexity index is 472. The molecular formula is C16H25N3O2S. The molecule has 0 radical (unpaired) electrons. The predicted molar refractivity (Wildman–Crippen MR) is 89.1 cm³/mol. The second kappa shape index (κ2) is 8.78. The maximum atomic E-state index is 11.7. The van der Waals surface area contributed by atoms with Gasteiger partial charge < -0.3 is 16.0 Å². The van der Waals surface area contributed by atoms with E-state index in [0.717, 1.165) is 19.3 Å². The number of rotatable bonds is 8. The van der Waals surface area contributed by atoms with Crippen LogP contribution in [0.25, 0.3) is 0 Å². The average Bonchev–Trinajstić information content (AvgIpc) is 2.96. The van der Waals surface area contributed by atoms with E-state index in [4.69, 9.17) is 0 Å². The molecule has 0 aromatic carbocycles. The quantitative estimate of drug-likeness (QED) is 0.643. The average molecular weight is 323 g/mol. The van der Waals surface area contributed by atoms with Crippen LogP contribution in [0, 0.1) is 5.92 Å². The van der Waals surface area contributed by atoms with Gasteiger partial charge in [0.05, 0.1) is 0 Å². The van der Waals surface area contributed by atoms with Crippen molar-refractivity contribution in [2.45, 2.75) is 38.5 Å². The SMILES string of the molecule is C[C@@H](CNC(=O)NCCCNC(=O)C1CCC1)c1cccs1. The van der Waals surface area contributed by atoms with E-state index in [0.29, 0.717) is 25.6 Å². The third kappa shape index (κ3) is 5.33. The molecule has 0 aliphatic heterocycles. The van der Waals surface area contributed by atoms with Crippen molar-refractivity contribution in [1.29, 1.82) is 0 Å². The van der Waals surface area contributed by atoms with Gasteiger partial charge in [-0.1, -0.05) is 19.4 Å². The lowest BCUT2D eigenvalue weighted by Gasteiger charge is -2.24. The highest BCUT2D eigenvalue weighted by Gasteiger charge is 2.24. The van der Waals surface area contributed by atoms with Crippen molar-refractivity contribution in [1.82, 2.24) is 16.0 Å². The number of nitrogens with one attached hydrogen (secondary N) is 3. The zero-order valence-corrected chi connectivity index (χ0v) is 13.9. The molecule has 0 bridgehead atoms. The molecule has 6 heteroatoms. The third-order valence-corrected chi connectivity index (χ3v) is 5.12. The van der Waals surface area contributed by atoms with Crippen LogP contribution in [-0.4, -0.2) is 31.6 Å². The Balaban J connectivity index is 1.48. The Morgan fingerprint density at radius 1 is 1.27 bits per heavy atom. The monoisotopic (exact) mass is 323 g/mol. The van der Waals surface area contributed by atoms with Crippen LogP contribution in [0.2, 0.25) is 0 Å². The maximum absolute atomic E-state index is 11.7. The highest BCUT2D eigenvalue weighted by Crippen LogP contribution is 2.26. The Hall–Kier alpha value is -1.56. The van der Waals surface area contributed by atoms with Gasteiger partial charge in [0.25, 0.3) is 0 Å². The van der Waals surface area contributed by atoms with Crippen LogP contribution in [0.1, 0.15) is 43.4 Å². The summed E-state index contributed by atoms with van der Waals surface area (Å²) >= 11 is 1.71. The van der Waals surface area contributed by atoms with Crippen molar-refractivity contribution >= 4 is 23.3 Å². The minimum Gasteiger partial charge on any atom is -0.356 e. The van der Waals surface area contributed by atoms with Gasteiger partial charge in [0.2, 0.25) is 5.91 Å². The van der Waals surface area contributed by atoms with E-state index < -0.39 is 0 Å². The summed E-state index contributed by atoms with van der Waals surface area (Å²) in [6.45, 7) is 3.93. The molecule has 1 aliphatic carbocycles. The predicted octanol–water partition coefficient (Wildman–Crippen LogP) is 2.46. The minimum atomic E-state index is -0.145. The molecule has 22 heavy (non-hydrogen) atoms. The number of hydrogen-bond donors (Lipinski definition) is 3. The first-order valence-corrected chi connectivity index (χ1v) is 8.87. The van der Waals surface area contributed by atoms with Crippen LogP contribution in [-0.2, 0) is 4.79 Å². The van der Waals surface area contributed by atoms with Gasteiger partial charge in [-0.25, -0.2) is 4.79 Å². The van der Waals surface area contributed by atoms with Gasteiger partial charge in [-0.15, -0.1) is 11.3 Å². The highest BCUT2D eigenvalue weighted by molar-refractivity contribution is 7.10. The fraction of sp³-hybridized carbons (Fsp3) is 0.625. The largest absolute Gasteiger partial charge is 0.356 e. The second-order valence-electron chi connectivity index (χ2n) is 5.83. The maximum Gasteiger partial charge on any atom is 0.314 e. The summed E-state index contributed by atoms with van der Waals surface area (Å²) in [6.07, 6.45) is 3.97. The molecule has 0 saturated heterocycles. The van der Waals surface area contributed by atoms with E-state index in [1.54, 1.807) is 11.3 Å². The van der Waals surface area contributed by atoms with Crippen LogP contribution in [0.5, 0.6) is 0 Å². The van der Waals surface area contributed by atoms with Crippen LogP contribution in [0.3, 0.4) is 0 Å². The van der Waals surface area contributed by atoms with E-state index >= 15 is 0 Å². The highest BCUT2D eigenvalue weighted by atomic mass is 32.1. The molecule has 1 atom stereocenters. The first-order valence-electron chi connectivity index (χ1n) is 7.99. The molecule has 3 amide bonds. The van der Waals surface area contributed by atoms with E-state index in [-0.39, 0.29) is 17.9 Å². The molecule has 1 saturated carbocycles. The molecule has 1 aliphatic rings. The van der Waals surface area contributed by atoms with Crippen molar-refractivity contribution in [3.63, 3.8) is 0 Å². The van der Waals surface area contributed by atoms with Gasteiger partial charge in [0, 0.05) is 36.3 Å². The number of hydrogen-bond acceptors (Lipinski definition) is 3. The number of urea groups is 1. The van der Waals surface area contributed by atoms with Crippen LogP contribution >= 0.6 is 11.3 Å². The first kappa shape index (κ1) is 16.8. The Morgan fingerprint density at radius 2 is 2.05 bits per heavy atom. The lowest BCUT2D eigenvalue weighted by atomic mass is 9.85. The summed E-state index contributed by atoms with van der Waals surface area (Å²) in [5, 5.41) is 10.7. The van der Waals surface area contributed by atoms with Crippen LogP contribution < -0.4 is 16.0 Å². The van der Waals surface area contributed by atoms with Crippen LogP contribution in [0.15, 0.2) is 17.5 Å². The molecular weight excluding hydrogens is 298 g/mol. The molecule has 3 N–H and O–H groups in total. The van der Waals surface area contributed by atoms with Crippen molar-refractivity contribution < 1.29 is 9.59 Å². The van der Waals surface area contributed by atoms with Gasteiger partial charge in [-0.2, -0.15) is 0 Å². The standard InChI is InChI=1S/C16H25N3O2S/c1-12(14-7-3-10-22-14)11-19-16(21)18-9-4-8-17-15(20)13-5-2-6-13/h3,7,10,12-13H,2,4-6,8-9,11H2,1H3,(H,17,20)(H2,18,19,21)/t12-/m0/s1. The summed E-state index contributed by atoms with van der Waals surface area (Å²) in [4.78, 5) is 24.6. The van der Waals surface area contributed by atoms with E-state index in [1.165, 1.54) is 11.3 Å². The van der Waals surface area contributed by atoms with E-state index in [2.05, 4.69) is 28.9 Å². The summed E-state index contributed by atoms with van der Waals surface area (Å²) in [6, 6.07) is 3.96. The third-order valence-electron chi connectivity index (χ3n) is 4.01. The van der Waals surface area contributed by atoms with E-state index in [9.17, 15) is 9.59 Å². The summed E-state index contributed by atoms with van der Waals surface area (Å²) in [5.41, 5.74) is 0. The van der Waals surface area contributed by atoms with Gasteiger partial charge >= 0.3 is 6.03 Å². The number of thiophene rings is 1. The molecule has 2 rings (SSSR count). The topological polar surface area (TPSA) is 70.2 Å². The molecule has 0 unspecified atom stereocenters. The molecule has 0 spiro atoms. The lowest BCUT2D eigenvalue weighted by Crippen LogP contribution is -2.39. The Kier molecular flexibility index (Phi) is 6.71. The molecule has 1 aromatic rings. The molecule has 1 aromatic heterocycles. The Labute approximate surface area is 135 Å². The fourth-order valence-corrected chi connectivity index (χ4v) is 3.08. The van der Waals surface area contributed by atoms with Crippen molar-refractivity contribution in [2.24, 2.45) is 5.92 Å². The minimum absolute atomic E-state index is 0.145. The zero-order valence-electron chi connectivity index (χ0n) is 13.1. The first-order chi connectivity index (χ1) is 10.7. The van der Waals surface area contributed by atoms with Gasteiger partial charge in [0.15, 0.2) is 0 Å². The normalized spacial score (nSPS) is 15.7. The number of carbonyl (C=O) groups is 2. The molecule has 5 nitrogen and oxygen atoms in total. The number of amides is 3. The summed E-state index contributed by atoms with van der Waals surface area (Å²) in [7, 11) is 0. The van der Waals surface area contributed by atoms with Gasteiger partial charge in [-0.05, 0) is 30.7 Å². The lowest BCUT2D eigenvalue weighted by molar-refractivity contribution is -0.127. The van der Waals surface area contributed by atoms with E-state index in [1.807, 2.05) is 11.4 Å². The van der Waals surface area contributed by atoms with Crippen LogP contribution in [0.4, 0.5) is 4.79 Å². The summed E-state index contributed by atoms with van der Waals surface area (Å²) in [5.74, 6) is 0.725. The zero-order chi connectivity index (χ0) is 15.8. The molecule has 122 valence electrons.